The van der Waals surface area contributed by atoms with Gasteiger partial charge in [-0.2, -0.15) is 4.31 Å². The summed E-state index contributed by atoms with van der Waals surface area (Å²) in [7, 11) is -3.69. The second kappa shape index (κ2) is 7.51. The molecule has 26 heavy (non-hydrogen) atoms. The normalized spacial score (nSPS) is 18.5. The first-order valence-electron chi connectivity index (χ1n) is 8.19. The lowest BCUT2D eigenvalue weighted by molar-refractivity contribution is -0.120. The summed E-state index contributed by atoms with van der Waals surface area (Å²) < 4.78 is 53.3. The Morgan fingerprint density at radius 3 is 2.54 bits per heavy atom. The number of benzene rings is 2. The fraction of sp³-hybridized carbons (Fsp3) is 0.278. The summed E-state index contributed by atoms with van der Waals surface area (Å²) in [6, 6.07) is 10.9. The summed E-state index contributed by atoms with van der Waals surface area (Å²) in [5, 5.41) is 2.42. The molecule has 1 heterocycles. The van der Waals surface area contributed by atoms with Gasteiger partial charge in [0, 0.05) is 19.2 Å². The number of rotatable bonds is 4. The van der Waals surface area contributed by atoms with Crippen molar-refractivity contribution in [3.63, 3.8) is 0 Å². The second-order valence-corrected chi connectivity index (χ2v) is 8.07. The van der Waals surface area contributed by atoms with Crippen molar-refractivity contribution in [2.45, 2.75) is 17.7 Å². The van der Waals surface area contributed by atoms with Crippen LogP contribution in [0.15, 0.2) is 53.4 Å². The molecule has 2 aromatic rings. The van der Waals surface area contributed by atoms with Crippen LogP contribution in [0.3, 0.4) is 0 Å². The summed E-state index contributed by atoms with van der Waals surface area (Å²) in [5.41, 5.74) is -0.126. The minimum atomic E-state index is -3.69. The topological polar surface area (TPSA) is 66.5 Å². The van der Waals surface area contributed by atoms with E-state index in [0.29, 0.717) is 25.5 Å². The molecule has 1 fully saturated rings. The minimum absolute atomic E-state index is 0.0197. The van der Waals surface area contributed by atoms with Gasteiger partial charge in [0.25, 0.3) is 0 Å². The third kappa shape index (κ3) is 3.91. The van der Waals surface area contributed by atoms with Crippen molar-refractivity contribution in [3.05, 3.63) is 60.2 Å². The lowest BCUT2D eigenvalue weighted by Crippen LogP contribution is -2.43. The molecule has 0 unspecified atom stereocenters. The maximum Gasteiger partial charge on any atom is 0.243 e. The summed E-state index contributed by atoms with van der Waals surface area (Å²) >= 11 is 0. The molecule has 1 atom stereocenters. The van der Waals surface area contributed by atoms with Crippen molar-refractivity contribution in [3.8, 4) is 0 Å². The molecule has 0 bridgehead atoms. The molecule has 0 radical (unpaired) electrons. The van der Waals surface area contributed by atoms with E-state index in [2.05, 4.69) is 5.32 Å². The fourth-order valence-corrected chi connectivity index (χ4v) is 4.49. The number of nitrogens with one attached hydrogen (secondary N) is 1. The highest BCUT2D eigenvalue weighted by Crippen LogP contribution is 2.25. The second-order valence-electron chi connectivity index (χ2n) is 6.13. The van der Waals surface area contributed by atoms with Crippen molar-refractivity contribution in [1.82, 2.24) is 4.31 Å². The van der Waals surface area contributed by atoms with Crippen LogP contribution in [-0.2, 0) is 14.8 Å². The zero-order valence-corrected chi connectivity index (χ0v) is 14.7. The third-order valence-electron chi connectivity index (χ3n) is 4.32. The average molecular weight is 380 g/mol. The van der Waals surface area contributed by atoms with Gasteiger partial charge in [0.1, 0.15) is 11.6 Å². The molecule has 1 amide bonds. The zero-order chi connectivity index (χ0) is 18.7. The molecule has 138 valence electrons. The monoisotopic (exact) mass is 380 g/mol. The Balaban J connectivity index is 1.73. The smallest absolute Gasteiger partial charge is 0.243 e. The predicted octanol–water partition coefficient (Wildman–Crippen LogP) is 3.00. The van der Waals surface area contributed by atoms with Crippen LogP contribution in [0, 0.1) is 17.6 Å². The van der Waals surface area contributed by atoms with Gasteiger partial charge in [-0.25, -0.2) is 17.2 Å². The van der Waals surface area contributed by atoms with Gasteiger partial charge in [-0.05, 0) is 37.1 Å². The van der Waals surface area contributed by atoms with Gasteiger partial charge in [0.2, 0.25) is 15.9 Å². The standard InChI is InChI=1S/C18H18F2N2O3S/c19-14-8-9-17(16(20)11-14)21-18(23)13-5-4-10-22(12-13)26(24,25)15-6-2-1-3-7-15/h1-3,6-9,11,13H,4-5,10,12H2,(H,21,23)/t13-/m0/s1. The number of anilines is 1. The van der Waals surface area contributed by atoms with Crippen molar-refractivity contribution >= 4 is 21.6 Å². The Labute approximate surface area is 150 Å². The van der Waals surface area contributed by atoms with Crippen LogP contribution in [0.5, 0.6) is 0 Å². The van der Waals surface area contributed by atoms with Crippen LogP contribution in [-0.4, -0.2) is 31.7 Å². The van der Waals surface area contributed by atoms with Gasteiger partial charge < -0.3 is 5.32 Å². The van der Waals surface area contributed by atoms with Gasteiger partial charge in [0.05, 0.1) is 16.5 Å². The van der Waals surface area contributed by atoms with Crippen LogP contribution < -0.4 is 5.32 Å². The maximum absolute atomic E-state index is 13.7. The van der Waals surface area contributed by atoms with E-state index >= 15 is 0 Å². The largest absolute Gasteiger partial charge is 0.323 e. The van der Waals surface area contributed by atoms with Crippen molar-refractivity contribution < 1.29 is 22.0 Å². The van der Waals surface area contributed by atoms with Crippen molar-refractivity contribution in [1.29, 1.82) is 0 Å². The fourth-order valence-electron chi connectivity index (χ4n) is 2.94. The molecule has 8 heteroatoms. The maximum atomic E-state index is 13.7. The van der Waals surface area contributed by atoms with Gasteiger partial charge in [-0.3, -0.25) is 4.79 Å². The molecule has 5 nitrogen and oxygen atoms in total. The van der Waals surface area contributed by atoms with E-state index < -0.39 is 33.5 Å². The number of piperidine rings is 1. The number of carbonyl (C=O) groups is 1. The molecule has 0 spiro atoms. The van der Waals surface area contributed by atoms with Crippen molar-refractivity contribution in [2.75, 3.05) is 18.4 Å². The van der Waals surface area contributed by atoms with E-state index in [1.54, 1.807) is 18.2 Å². The van der Waals surface area contributed by atoms with E-state index in [0.717, 1.165) is 12.1 Å². The first-order chi connectivity index (χ1) is 12.4. The highest BCUT2D eigenvalue weighted by atomic mass is 32.2. The van der Waals surface area contributed by atoms with Gasteiger partial charge in [-0.15, -0.1) is 0 Å². The van der Waals surface area contributed by atoms with E-state index in [9.17, 15) is 22.0 Å². The van der Waals surface area contributed by atoms with E-state index in [-0.39, 0.29) is 17.1 Å². The van der Waals surface area contributed by atoms with Crippen molar-refractivity contribution in [2.24, 2.45) is 5.92 Å². The zero-order valence-electron chi connectivity index (χ0n) is 13.9. The Kier molecular flexibility index (Phi) is 5.33. The van der Waals surface area contributed by atoms with E-state index in [1.807, 2.05) is 0 Å². The SMILES string of the molecule is O=C(Nc1ccc(F)cc1F)[C@H]1CCCN(S(=O)(=O)c2ccccc2)C1. The van der Waals surface area contributed by atoms with Crippen LogP contribution in [0.1, 0.15) is 12.8 Å². The van der Waals surface area contributed by atoms with Crippen LogP contribution in [0.2, 0.25) is 0 Å². The molecule has 0 saturated carbocycles. The summed E-state index contributed by atoms with van der Waals surface area (Å²) in [5.74, 6) is -2.70. The summed E-state index contributed by atoms with van der Waals surface area (Å²) in [4.78, 5) is 12.6. The van der Waals surface area contributed by atoms with E-state index in [1.165, 1.54) is 16.4 Å². The van der Waals surface area contributed by atoms with Gasteiger partial charge >= 0.3 is 0 Å². The highest BCUT2D eigenvalue weighted by molar-refractivity contribution is 7.89. The van der Waals surface area contributed by atoms with Gasteiger partial charge in [0.15, 0.2) is 0 Å². The molecule has 1 aliphatic heterocycles. The quantitative estimate of drug-likeness (QED) is 0.887. The molecule has 1 aliphatic rings. The Morgan fingerprint density at radius 2 is 1.85 bits per heavy atom. The number of nitrogens with zero attached hydrogens (tertiary/aromatic N) is 1. The van der Waals surface area contributed by atoms with Gasteiger partial charge in [-0.1, -0.05) is 18.2 Å². The van der Waals surface area contributed by atoms with Crippen LogP contribution in [0.4, 0.5) is 14.5 Å². The first kappa shape index (κ1) is 18.5. The highest BCUT2D eigenvalue weighted by Gasteiger charge is 2.33. The lowest BCUT2D eigenvalue weighted by atomic mass is 9.98. The summed E-state index contributed by atoms with van der Waals surface area (Å²) in [6.45, 7) is 0.345. The molecule has 0 aliphatic carbocycles. The molecule has 2 aromatic carbocycles. The third-order valence-corrected chi connectivity index (χ3v) is 6.20. The Hall–Kier alpha value is -2.32. The number of amides is 1. The first-order valence-corrected chi connectivity index (χ1v) is 9.63. The lowest BCUT2D eigenvalue weighted by Gasteiger charge is -2.31. The molecular weight excluding hydrogens is 362 g/mol. The van der Waals surface area contributed by atoms with Crippen LogP contribution in [0.25, 0.3) is 0 Å². The predicted molar refractivity (Wildman–Crippen MR) is 92.9 cm³/mol. The molecule has 0 aromatic heterocycles. The number of hydrogen-bond acceptors (Lipinski definition) is 3. The number of halogens is 2. The molecule has 3 rings (SSSR count). The Morgan fingerprint density at radius 1 is 1.12 bits per heavy atom. The molecular formula is C18H18F2N2O3S. The summed E-state index contributed by atoms with van der Waals surface area (Å²) in [6.07, 6.45) is 1.02. The number of carbonyl (C=O) groups excluding carboxylic acids is 1. The minimum Gasteiger partial charge on any atom is -0.323 e. The Bertz CT molecular complexity index is 904. The average Bonchev–Trinajstić information content (AvgIpc) is 2.65. The number of hydrogen-bond donors (Lipinski definition) is 1. The van der Waals surface area contributed by atoms with Crippen LogP contribution >= 0.6 is 0 Å². The van der Waals surface area contributed by atoms with E-state index in [4.69, 9.17) is 0 Å². The molecule has 1 saturated heterocycles. The molecule has 1 N–H and O–H groups in total. The number of sulfonamides is 1.